The van der Waals surface area contributed by atoms with E-state index in [9.17, 15) is 9.59 Å². The maximum absolute atomic E-state index is 12.8. The molecule has 8 heteroatoms. The number of benzene rings is 1. The lowest BCUT2D eigenvalue weighted by Gasteiger charge is -2.23. The highest BCUT2D eigenvalue weighted by Gasteiger charge is 2.28. The fourth-order valence-corrected chi connectivity index (χ4v) is 3.66. The summed E-state index contributed by atoms with van der Waals surface area (Å²) < 4.78 is 10.8. The summed E-state index contributed by atoms with van der Waals surface area (Å²) in [5, 5.41) is 7.37. The van der Waals surface area contributed by atoms with E-state index in [-0.39, 0.29) is 24.3 Å². The molecule has 0 spiro atoms. The summed E-state index contributed by atoms with van der Waals surface area (Å²) in [4.78, 5) is 29.0. The standard InChI is InChI=1S/C21H24N4O4/c1-13-8-17(29-23-13)11-20(26)22-15-4-5-18-14(9-15)10-19(28-18)21(27)25(3)16-6-7-24(2)12-16/h4-5,8-10,16H,6-7,11-12H2,1-3H3,(H,22,26). The van der Waals surface area contributed by atoms with Crippen LogP contribution in [0.15, 0.2) is 39.3 Å². The number of anilines is 1. The second kappa shape index (κ2) is 7.71. The fraction of sp³-hybridized carbons (Fsp3) is 0.381. The SMILES string of the molecule is Cc1cc(CC(=O)Nc2ccc3oc(C(=O)N(C)C4CCN(C)C4)cc3c2)on1. The van der Waals surface area contributed by atoms with Crippen molar-refractivity contribution in [1.82, 2.24) is 15.0 Å². The van der Waals surface area contributed by atoms with Crippen LogP contribution in [0.2, 0.25) is 0 Å². The molecule has 0 saturated carbocycles. The molecule has 29 heavy (non-hydrogen) atoms. The van der Waals surface area contributed by atoms with Crippen LogP contribution >= 0.6 is 0 Å². The number of furan rings is 1. The molecule has 1 saturated heterocycles. The van der Waals surface area contributed by atoms with Crippen molar-refractivity contribution < 1.29 is 18.5 Å². The number of nitrogens with one attached hydrogen (secondary N) is 1. The summed E-state index contributed by atoms with van der Waals surface area (Å²) in [6.45, 7) is 3.65. The van der Waals surface area contributed by atoms with Gasteiger partial charge in [0, 0.05) is 36.8 Å². The zero-order valence-electron chi connectivity index (χ0n) is 16.8. The van der Waals surface area contributed by atoms with Gasteiger partial charge in [-0.2, -0.15) is 0 Å². The fourth-order valence-electron chi connectivity index (χ4n) is 3.66. The van der Waals surface area contributed by atoms with E-state index in [0.29, 0.717) is 22.8 Å². The maximum atomic E-state index is 12.8. The number of aromatic nitrogens is 1. The lowest BCUT2D eigenvalue weighted by atomic mass is 10.2. The molecule has 1 aliphatic heterocycles. The molecule has 4 rings (SSSR count). The number of hydrogen-bond donors (Lipinski definition) is 1. The number of likely N-dealkylation sites (N-methyl/N-ethyl adjacent to an activating group) is 2. The number of carbonyl (C=O) groups is 2. The van der Waals surface area contributed by atoms with Gasteiger partial charge in [0.1, 0.15) is 11.3 Å². The third kappa shape index (κ3) is 4.17. The van der Waals surface area contributed by atoms with Crippen molar-refractivity contribution in [3.8, 4) is 0 Å². The van der Waals surface area contributed by atoms with E-state index in [1.165, 1.54) is 0 Å². The summed E-state index contributed by atoms with van der Waals surface area (Å²) in [6, 6.07) is 8.94. The minimum atomic E-state index is -0.203. The smallest absolute Gasteiger partial charge is 0.289 e. The van der Waals surface area contributed by atoms with Crippen molar-refractivity contribution >= 4 is 28.5 Å². The first-order chi connectivity index (χ1) is 13.9. The summed E-state index contributed by atoms with van der Waals surface area (Å²) in [6.07, 6.45) is 1.06. The average Bonchev–Trinajstić information content (AvgIpc) is 3.40. The summed E-state index contributed by atoms with van der Waals surface area (Å²) in [5.74, 6) is 0.480. The van der Waals surface area contributed by atoms with Crippen LogP contribution in [-0.2, 0) is 11.2 Å². The number of hydrogen-bond acceptors (Lipinski definition) is 6. The van der Waals surface area contributed by atoms with Gasteiger partial charge in [0.25, 0.3) is 5.91 Å². The number of nitrogens with zero attached hydrogens (tertiary/aromatic N) is 3. The summed E-state index contributed by atoms with van der Waals surface area (Å²) >= 11 is 0. The zero-order chi connectivity index (χ0) is 20.5. The van der Waals surface area contributed by atoms with Gasteiger partial charge in [0.2, 0.25) is 5.91 Å². The monoisotopic (exact) mass is 396 g/mol. The van der Waals surface area contributed by atoms with E-state index < -0.39 is 0 Å². The first kappa shape index (κ1) is 19.2. The number of rotatable bonds is 5. The van der Waals surface area contributed by atoms with Gasteiger partial charge in [-0.15, -0.1) is 0 Å². The minimum Gasteiger partial charge on any atom is -0.451 e. The van der Waals surface area contributed by atoms with Gasteiger partial charge in [-0.25, -0.2) is 0 Å². The number of amides is 2. The second-order valence-corrected chi connectivity index (χ2v) is 7.64. The molecule has 8 nitrogen and oxygen atoms in total. The highest BCUT2D eigenvalue weighted by molar-refractivity contribution is 5.98. The van der Waals surface area contributed by atoms with E-state index in [4.69, 9.17) is 8.94 Å². The third-order valence-corrected chi connectivity index (χ3v) is 5.26. The molecule has 152 valence electrons. The molecule has 1 N–H and O–H groups in total. The predicted octanol–water partition coefficient (Wildman–Crippen LogP) is 2.69. The van der Waals surface area contributed by atoms with Gasteiger partial charge < -0.3 is 24.1 Å². The summed E-state index contributed by atoms with van der Waals surface area (Å²) in [5.41, 5.74) is 1.97. The number of aryl methyl sites for hydroxylation is 1. The summed E-state index contributed by atoms with van der Waals surface area (Å²) in [7, 11) is 3.87. The van der Waals surface area contributed by atoms with Crippen molar-refractivity contribution in [3.63, 3.8) is 0 Å². The quantitative estimate of drug-likeness (QED) is 0.713. The van der Waals surface area contributed by atoms with Crippen LogP contribution in [0.1, 0.15) is 28.4 Å². The first-order valence-corrected chi connectivity index (χ1v) is 9.60. The zero-order valence-corrected chi connectivity index (χ0v) is 16.8. The Morgan fingerprint density at radius 2 is 2.14 bits per heavy atom. The molecule has 1 unspecified atom stereocenters. The lowest BCUT2D eigenvalue weighted by Crippen LogP contribution is -2.38. The van der Waals surface area contributed by atoms with Crippen molar-refractivity contribution in [2.24, 2.45) is 0 Å². The largest absolute Gasteiger partial charge is 0.451 e. The van der Waals surface area contributed by atoms with E-state index in [0.717, 1.165) is 30.6 Å². The molecule has 0 bridgehead atoms. The molecule has 1 aromatic carbocycles. The average molecular weight is 396 g/mol. The molecule has 2 amide bonds. The predicted molar refractivity (Wildman–Crippen MR) is 108 cm³/mol. The van der Waals surface area contributed by atoms with Crippen LogP contribution in [0.4, 0.5) is 5.69 Å². The van der Waals surface area contributed by atoms with Gasteiger partial charge in [0.15, 0.2) is 5.76 Å². The van der Waals surface area contributed by atoms with Gasteiger partial charge >= 0.3 is 0 Å². The van der Waals surface area contributed by atoms with Crippen LogP contribution in [0.5, 0.6) is 0 Å². The normalized spacial score (nSPS) is 17.0. The van der Waals surface area contributed by atoms with E-state index in [1.54, 1.807) is 42.2 Å². The van der Waals surface area contributed by atoms with E-state index >= 15 is 0 Å². The Morgan fingerprint density at radius 1 is 1.31 bits per heavy atom. The van der Waals surface area contributed by atoms with Crippen molar-refractivity contribution in [1.29, 1.82) is 0 Å². The molecule has 0 radical (unpaired) electrons. The minimum absolute atomic E-state index is 0.106. The Balaban J connectivity index is 1.45. The van der Waals surface area contributed by atoms with Gasteiger partial charge in [-0.3, -0.25) is 9.59 Å². The van der Waals surface area contributed by atoms with Crippen LogP contribution in [-0.4, -0.2) is 60.0 Å². The Labute approximate surface area is 168 Å². The molecular formula is C21H24N4O4. The molecule has 3 heterocycles. The number of likely N-dealkylation sites (tertiary alicyclic amines) is 1. The molecule has 1 fully saturated rings. The van der Waals surface area contributed by atoms with E-state index in [1.807, 2.05) is 7.05 Å². The Hall–Kier alpha value is -3.13. The van der Waals surface area contributed by atoms with Gasteiger partial charge in [-0.1, -0.05) is 5.16 Å². The van der Waals surface area contributed by atoms with Crippen LogP contribution < -0.4 is 5.32 Å². The van der Waals surface area contributed by atoms with Gasteiger partial charge in [0.05, 0.1) is 12.1 Å². The molecule has 0 aliphatic carbocycles. The number of carbonyl (C=O) groups excluding carboxylic acids is 2. The van der Waals surface area contributed by atoms with Crippen molar-refractivity contribution in [3.05, 3.63) is 47.5 Å². The maximum Gasteiger partial charge on any atom is 0.289 e. The molecular weight excluding hydrogens is 372 g/mol. The topological polar surface area (TPSA) is 91.8 Å². The molecule has 1 atom stereocenters. The Bertz CT molecular complexity index is 1050. The Morgan fingerprint density at radius 3 is 2.83 bits per heavy atom. The van der Waals surface area contributed by atoms with Crippen molar-refractivity contribution in [2.75, 3.05) is 32.5 Å². The molecule has 1 aliphatic rings. The highest BCUT2D eigenvalue weighted by atomic mass is 16.5. The van der Waals surface area contributed by atoms with Crippen LogP contribution in [0.3, 0.4) is 0 Å². The third-order valence-electron chi connectivity index (χ3n) is 5.26. The molecule has 2 aromatic heterocycles. The second-order valence-electron chi connectivity index (χ2n) is 7.64. The molecule has 3 aromatic rings. The van der Waals surface area contributed by atoms with Crippen molar-refractivity contribution in [2.45, 2.75) is 25.8 Å². The van der Waals surface area contributed by atoms with E-state index in [2.05, 4.69) is 22.4 Å². The highest BCUT2D eigenvalue weighted by Crippen LogP contribution is 2.25. The first-order valence-electron chi connectivity index (χ1n) is 9.60. The van der Waals surface area contributed by atoms with Crippen LogP contribution in [0, 0.1) is 6.92 Å². The lowest BCUT2D eigenvalue weighted by molar-refractivity contribution is -0.115. The number of fused-ring (bicyclic) bond motifs is 1. The van der Waals surface area contributed by atoms with Crippen LogP contribution in [0.25, 0.3) is 11.0 Å². The van der Waals surface area contributed by atoms with Gasteiger partial charge in [-0.05, 0) is 51.2 Å². The Kier molecular flexibility index (Phi) is 5.10.